The van der Waals surface area contributed by atoms with Crippen molar-refractivity contribution in [2.45, 2.75) is 36.2 Å². The van der Waals surface area contributed by atoms with Crippen molar-refractivity contribution in [3.05, 3.63) is 48.6 Å². The first kappa shape index (κ1) is 17.1. The molecule has 0 aromatic heterocycles. The first-order valence-electron chi connectivity index (χ1n) is 7.93. The highest BCUT2D eigenvalue weighted by Crippen LogP contribution is 2.45. The number of benzene rings is 1. The number of sulfonamides is 1. The highest BCUT2D eigenvalue weighted by atomic mass is 32.2. The Morgan fingerprint density at radius 1 is 1.38 bits per heavy atom. The summed E-state index contributed by atoms with van der Waals surface area (Å²) in [6.07, 6.45) is 2.97. The fourth-order valence-corrected chi connectivity index (χ4v) is 4.27. The van der Waals surface area contributed by atoms with E-state index >= 15 is 0 Å². The third-order valence-corrected chi connectivity index (χ3v) is 6.97. The number of ether oxygens (including phenoxy) is 1. The molecule has 0 spiro atoms. The Balaban J connectivity index is 1.58. The number of rotatable bonds is 8. The molecule has 1 aromatic carbocycles. The zero-order valence-electron chi connectivity index (χ0n) is 13.4. The molecule has 0 radical (unpaired) electrons. The first-order chi connectivity index (χ1) is 11.3. The van der Waals surface area contributed by atoms with Crippen molar-refractivity contribution in [2.75, 3.05) is 6.61 Å². The maximum absolute atomic E-state index is 12.5. The second kappa shape index (κ2) is 5.98. The maximum Gasteiger partial charge on any atom is 0.254 e. The third kappa shape index (κ3) is 3.11. The lowest BCUT2D eigenvalue weighted by Gasteiger charge is -2.19. The lowest BCUT2D eigenvalue weighted by atomic mass is 10.2. The van der Waals surface area contributed by atoms with Crippen LogP contribution in [-0.2, 0) is 26.2 Å². The quantitative estimate of drug-likeness (QED) is 0.684. The van der Waals surface area contributed by atoms with E-state index in [1.807, 2.05) is 30.3 Å². The number of carbonyl (C=O) groups is 1. The first-order valence-corrected chi connectivity index (χ1v) is 9.41. The van der Waals surface area contributed by atoms with Crippen LogP contribution in [-0.4, -0.2) is 31.2 Å². The molecule has 2 fully saturated rings. The Hall–Kier alpha value is -1.70. The topological polar surface area (TPSA) is 98.5 Å². The molecule has 2 aliphatic carbocycles. The molecular weight excluding hydrogens is 328 g/mol. The largest absolute Gasteiger partial charge is 0.375 e. The van der Waals surface area contributed by atoms with E-state index in [9.17, 15) is 13.2 Å². The van der Waals surface area contributed by atoms with Gasteiger partial charge >= 0.3 is 0 Å². The summed E-state index contributed by atoms with van der Waals surface area (Å²) < 4.78 is 31.8. The van der Waals surface area contributed by atoms with Gasteiger partial charge in [0.15, 0.2) is 0 Å². The number of amides is 1. The molecule has 2 saturated carbocycles. The molecule has 0 heterocycles. The van der Waals surface area contributed by atoms with E-state index in [1.54, 1.807) is 6.08 Å². The van der Waals surface area contributed by atoms with Crippen molar-refractivity contribution in [3.8, 4) is 0 Å². The van der Waals surface area contributed by atoms with Gasteiger partial charge in [0.05, 0.1) is 13.2 Å². The van der Waals surface area contributed by atoms with Crippen LogP contribution < -0.4 is 10.5 Å². The Morgan fingerprint density at radius 3 is 2.58 bits per heavy atom. The van der Waals surface area contributed by atoms with E-state index in [0.717, 1.165) is 5.56 Å². The molecular formula is C17H22N2O4S. The predicted octanol–water partition coefficient (Wildman–Crippen LogP) is 1.09. The molecule has 130 valence electrons. The van der Waals surface area contributed by atoms with Gasteiger partial charge in [-0.3, -0.25) is 9.52 Å². The maximum atomic E-state index is 12.5. The van der Waals surface area contributed by atoms with Crippen LogP contribution >= 0.6 is 0 Å². The van der Waals surface area contributed by atoms with Gasteiger partial charge in [-0.25, -0.2) is 8.42 Å². The number of hydrogen-bond acceptors (Lipinski definition) is 5. The van der Waals surface area contributed by atoms with Crippen LogP contribution in [0.3, 0.4) is 0 Å². The van der Waals surface area contributed by atoms with Gasteiger partial charge in [0.1, 0.15) is 10.3 Å². The average Bonchev–Trinajstić information content (AvgIpc) is 3.45. The minimum atomic E-state index is -3.82. The SMILES string of the molecule is C=C[C@@H]1C[C@]1(N)C(=O)NS(=O)(=O)C1(COCc2ccccc2)CC1. The van der Waals surface area contributed by atoms with Crippen molar-refractivity contribution < 1.29 is 17.9 Å². The lowest BCUT2D eigenvalue weighted by Crippen LogP contribution is -2.50. The van der Waals surface area contributed by atoms with Crippen LogP contribution in [0.25, 0.3) is 0 Å². The van der Waals surface area contributed by atoms with Gasteiger partial charge in [0, 0.05) is 5.92 Å². The number of nitrogens with one attached hydrogen (secondary N) is 1. The molecule has 2 atom stereocenters. The molecule has 7 heteroatoms. The summed E-state index contributed by atoms with van der Waals surface area (Å²) in [5, 5.41) is 0. The fraction of sp³-hybridized carbons (Fsp3) is 0.471. The van der Waals surface area contributed by atoms with Crippen LogP contribution in [0.5, 0.6) is 0 Å². The Kier molecular flexibility index (Phi) is 4.27. The molecule has 24 heavy (non-hydrogen) atoms. The normalized spacial score (nSPS) is 27.3. The van der Waals surface area contributed by atoms with E-state index in [1.165, 1.54) is 0 Å². The van der Waals surface area contributed by atoms with Crippen LogP contribution in [0, 0.1) is 5.92 Å². The molecule has 0 bridgehead atoms. The molecule has 2 aliphatic rings. The van der Waals surface area contributed by atoms with Gasteiger partial charge in [-0.1, -0.05) is 36.4 Å². The van der Waals surface area contributed by atoms with Crippen molar-refractivity contribution in [1.29, 1.82) is 0 Å². The summed E-state index contributed by atoms with van der Waals surface area (Å²) in [6, 6.07) is 9.53. The molecule has 3 rings (SSSR count). The second-order valence-electron chi connectivity index (χ2n) is 6.68. The highest BCUT2D eigenvalue weighted by Gasteiger charge is 2.60. The van der Waals surface area contributed by atoms with E-state index in [2.05, 4.69) is 11.3 Å². The van der Waals surface area contributed by atoms with Gasteiger partial charge in [0.2, 0.25) is 10.0 Å². The molecule has 0 saturated heterocycles. The molecule has 1 amide bonds. The van der Waals surface area contributed by atoms with Crippen molar-refractivity contribution in [2.24, 2.45) is 11.7 Å². The zero-order chi connectivity index (χ0) is 17.4. The summed E-state index contributed by atoms with van der Waals surface area (Å²) in [7, 11) is -3.82. The standard InChI is InChI=1S/C17H22N2O4S/c1-2-14-10-17(14,18)15(20)19-24(21,22)16(8-9-16)12-23-11-13-6-4-3-5-7-13/h2-7,14H,1,8-12,18H2,(H,19,20)/t14-,17-/m1/s1. The van der Waals surface area contributed by atoms with Gasteiger partial charge in [0.25, 0.3) is 5.91 Å². The molecule has 0 unspecified atom stereocenters. The smallest absolute Gasteiger partial charge is 0.254 e. The Bertz CT molecular complexity index is 743. The van der Waals surface area contributed by atoms with E-state index in [0.29, 0.717) is 25.9 Å². The minimum Gasteiger partial charge on any atom is -0.375 e. The summed E-state index contributed by atoms with van der Waals surface area (Å²) in [4.78, 5) is 12.2. The van der Waals surface area contributed by atoms with Gasteiger partial charge in [-0.15, -0.1) is 6.58 Å². The summed E-state index contributed by atoms with van der Waals surface area (Å²) >= 11 is 0. The number of nitrogens with two attached hydrogens (primary N) is 1. The van der Waals surface area contributed by atoms with Gasteiger partial charge in [-0.2, -0.15) is 0 Å². The second-order valence-corrected chi connectivity index (χ2v) is 8.76. The molecule has 6 nitrogen and oxygen atoms in total. The minimum absolute atomic E-state index is 0.0625. The zero-order valence-corrected chi connectivity index (χ0v) is 14.2. The lowest BCUT2D eigenvalue weighted by molar-refractivity contribution is -0.121. The Morgan fingerprint density at radius 2 is 2.04 bits per heavy atom. The number of hydrogen-bond donors (Lipinski definition) is 2. The molecule has 0 aliphatic heterocycles. The van der Waals surface area contributed by atoms with Crippen molar-refractivity contribution >= 4 is 15.9 Å². The predicted molar refractivity (Wildman–Crippen MR) is 90.3 cm³/mol. The van der Waals surface area contributed by atoms with Crippen LogP contribution in [0.15, 0.2) is 43.0 Å². The third-order valence-electron chi connectivity index (χ3n) is 4.85. The molecule has 3 N–H and O–H groups in total. The summed E-state index contributed by atoms with van der Waals surface area (Å²) in [6.45, 7) is 4.00. The van der Waals surface area contributed by atoms with Crippen LogP contribution in [0.2, 0.25) is 0 Å². The van der Waals surface area contributed by atoms with E-state index < -0.39 is 26.2 Å². The fourth-order valence-electron chi connectivity index (χ4n) is 2.74. The van der Waals surface area contributed by atoms with Crippen molar-refractivity contribution in [1.82, 2.24) is 4.72 Å². The van der Waals surface area contributed by atoms with Crippen LogP contribution in [0.1, 0.15) is 24.8 Å². The molecule has 1 aromatic rings. The summed E-state index contributed by atoms with van der Waals surface area (Å²) in [5.74, 6) is -0.820. The number of carbonyl (C=O) groups excluding carboxylic acids is 1. The van der Waals surface area contributed by atoms with E-state index in [4.69, 9.17) is 10.5 Å². The average molecular weight is 350 g/mol. The monoisotopic (exact) mass is 350 g/mol. The van der Waals surface area contributed by atoms with Gasteiger partial charge in [-0.05, 0) is 24.8 Å². The summed E-state index contributed by atoms with van der Waals surface area (Å²) in [5.41, 5.74) is 5.74. The van der Waals surface area contributed by atoms with Crippen LogP contribution in [0.4, 0.5) is 0 Å². The van der Waals surface area contributed by atoms with Gasteiger partial charge < -0.3 is 10.5 Å². The highest BCUT2D eigenvalue weighted by molar-refractivity contribution is 7.91. The Labute approximate surface area is 142 Å². The van der Waals surface area contributed by atoms with Crippen molar-refractivity contribution in [3.63, 3.8) is 0 Å². The van der Waals surface area contributed by atoms with E-state index in [-0.39, 0.29) is 12.5 Å².